The van der Waals surface area contributed by atoms with Crippen molar-refractivity contribution in [2.24, 2.45) is 0 Å². The Bertz CT molecular complexity index is 1180. The van der Waals surface area contributed by atoms with Crippen molar-refractivity contribution in [1.82, 2.24) is 24.9 Å². The minimum atomic E-state index is 0.0124. The van der Waals surface area contributed by atoms with Crippen LogP contribution in [0.1, 0.15) is 70.5 Å². The van der Waals surface area contributed by atoms with E-state index < -0.39 is 0 Å². The quantitative estimate of drug-likeness (QED) is 0.336. The van der Waals surface area contributed by atoms with Crippen molar-refractivity contribution in [3.8, 4) is 0 Å². The molecule has 0 N–H and O–H groups in total. The van der Waals surface area contributed by atoms with Gasteiger partial charge in [-0.25, -0.2) is 24.9 Å². The highest BCUT2D eigenvalue weighted by molar-refractivity contribution is 7.25. The van der Waals surface area contributed by atoms with Crippen LogP contribution in [0.25, 0.3) is 20.3 Å². The summed E-state index contributed by atoms with van der Waals surface area (Å²) in [6, 6.07) is 8.45. The summed E-state index contributed by atoms with van der Waals surface area (Å²) >= 11 is 1.80. The number of rotatable bonds is 0. The Balaban J connectivity index is 0.000000187. The van der Waals surface area contributed by atoms with E-state index in [9.17, 15) is 0 Å². The largest absolute Gasteiger partial charge is 0.236 e. The third kappa shape index (κ3) is 4.81. The lowest BCUT2D eigenvalue weighted by atomic mass is 9.91. The molecule has 1 aromatic carbocycles. The molecule has 4 rings (SSSR count). The number of hydrogen-bond acceptors (Lipinski definition) is 6. The Morgan fingerprint density at radius 3 is 1.80 bits per heavy atom. The molecule has 0 aliphatic rings. The number of benzene rings is 1. The molecule has 0 spiro atoms. The van der Waals surface area contributed by atoms with Gasteiger partial charge in [0.1, 0.15) is 23.3 Å². The normalized spacial score (nSPS) is 12.2. The molecule has 0 fully saturated rings. The van der Waals surface area contributed by atoms with E-state index in [1.165, 1.54) is 14.8 Å². The lowest BCUT2D eigenvalue weighted by Gasteiger charge is -2.18. The lowest BCUT2D eigenvalue weighted by molar-refractivity contribution is 0.534. The van der Waals surface area contributed by atoms with Gasteiger partial charge >= 0.3 is 0 Å². The van der Waals surface area contributed by atoms with E-state index in [2.05, 4.69) is 90.7 Å². The Morgan fingerprint density at radius 1 is 0.667 bits per heavy atom. The highest BCUT2D eigenvalue weighted by atomic mass is 32.1. The van der Waals surface area contributed by atoms with Crippen molar-refractivity contribution in [2.45, 2.75) is 73.1 Å². The second kappa shape index (κ2) is 7.99. The summed E-state index contributed by atoms with van der Waals surface area (Å²) in [6.07, 6.45) is 0. The Labute approximate surface area is 183 Å². The molecule has 4 aromatic rings. The molecule has 30 heavy (non-hydrogen) atoms. The van der Waals surface area contributed by atoms with Crippen LogP contribution in [0.5, 0.6) is 0 Å². The molecule has 6 heteroatoms. The van der Waals surface area contributed by atoms with Crippen molar-refractivity contribution in [2.75, 3.05) is 0 Å². The first-order valence-corrected chi connectivity index (χ1v) is 11.0. The van der Waals surface area contributed by atoms with E-state index >= 15 is 0 Å². The molecule has 158 valence electrons. The van der Waals surface area contributed by atoms with Gasteiger partial charge in [0.2, 0.25) is 0 Å². The fraction of sp³-hybridized carbons (Fsp3) is 0.458. The Morgan fingerprint density at radius 2 is 1.23 bits per heavy atom. The summed E-state index contributed by atoms with van der Waals surface area (Å²) in [7, 11) is 0. The van der Waals surface area contributed by atoms with E-state index in [-0.39, 0.29) is 10.8 Å². The molecule has 0 radical (unpaired) electrons. The third-order valence-corrected chi connectivity index (χ3v) is 5.74. The van der Waals surface area contributed by atoms with Crippen LogP contribution in [0.3, 0.4) is 0 Å². The van der Waals surface area contributed by atoms with Gasteiger partial charge in [0.25, 0.3) is 0 Å². The highest BCUT2D eigenvalue weighted by Crippen LogP contribution is 2.37. The topological polar surface area (TPSA) is 64.5 Å². The van der Waals surface area contributed by atoms with Crippen molar-refractivity contribution >= 4 is 31.6 Å². The van der Waals surface area contributed by atoms with Gasteiger partial charge in [-0.3, -0.25) is 0 Å². The van der Waals surface area contributed by atoms with Crippen LogP contribution in [0.4, 0.5) is 0 Å². The molecular weight excluding hydrogens is 390 g/mol. The lowest BCUT2D eigenvalue weighted by Crippen LogP contribution is -2.18. The average molecular weight is 422 g/mol. The van der Waals surface area contributed by atoms with Crippen LogP contribution in [0.2, 0.25) is 0 Å². The number of nitrogens with zero attached hydrogens (tertiary/aromatic N) is 5. The minimum Gasteiger partial charge on any atom is -0.236 e. The average Bonchev–Trinajstić information content (AvgIpc) is 2.98. The molecule has 0 aliphatic heterocycles. The number of aromatic nitrogens is 5. The fourth-order valence-electron chi connectivity index (χ4n) is 3.16. The number of aryl methyl sites for hydroxylation is 3. The second-order valence-corrected chi connectivity index (χ2v) is 10.7. The predicted molar refractivity (Wildman–Crippen MR) is 126 cm³/mol. The summed E-state index contributed by atoms with van der Waals surface area (Å²) in [5.41, 5.74) is 2.32. The van der Waals surface area contributed by atoms with Gasteiger partial charge in [-0.1, -0.05) is 59.7 Å². The first-order valence-electron chi connectivity index (χ1n) is 10.2. The molecule has 0 saturated heterocycles. The van der Waals surface area contributed by atoms with Gasteiger partial charge in [0, 0.05) is 20.9 Å². The van der Waals surface area contributed by atoms with Crippen LogP contribution in [0, 0.1) is 20.8 Å². The minimum absolute atomic E-state index is 0.0124. The van der Waals surface area contributed by atoms with Gasteiger partial charge in [-0.2, -0.15) is 0 Å². The van der Waals surface area contributed by atoms with Gasteiger partial charge in [0.05, 0.1) is 15.9 Å². The maximum Gasteiger partial charge on any atom is 0.137 e. The monoisotopic (exact) mass is 421 g/mol. The molecule has 0 amide bonds. The Hall–Kier alpha value is -2.47. The van der Waals surface area contributed by atoms with Crippen LogP contribution in [-0.4, -0.2) is 24.9 Å². The third-order valence-electron chi connectivity index (χ3n) is 4.57. The van der Waals surface area contributed by atoms with Gasteiger partial charge in [-0.05, 0) is 26.8 Å². The maximum atomic E-state index is 4.67. The summed E-state index contributed by atoms with van der Waals surface area (Å²) in [4.78, 5) is 22.0. The zero-order chi connectivity index (χ0) is 22.3. The van der Waals surface area contributed by atoms with Gasteiger partial charge < -0.3 is 0 Å². The van der Waals surface area contributed by atoms with E-state index in [0.29, 0.717) is 0 Å². The van der Waals surface area contributed by atoms with E-state index in [4.69, 9.17) is 0 Å². The second-order valence-electron chi connectivity index (χ2n) is 9.65. The smallest absolute Gasteiger partial charge is 0.137 e. The predicted octanol–water partition coefficient (Wildman–Crippen LogP) is 6.24. The first-order chi connectivity index (χ1) is 13.9. The molecule has 0 atom stereocenters. The van der Waals surface area contributed by atoms with E-state index in [1.807, 2.05) is 20.8 Å². The van der Waals surface area contributed by atoms with Crippen LogP contribution < -0.4 is 0 Å². The van der Waals surface area contributed by atoms with E-state index in [0.717, 1.165) is 34.5 Å². The van der Waals surface area contributed by atoms with E-state index in [1.54, 1.807) is 11.3 Å². The zero-order valence-electron chi connectivity index (χ0n) is 19.5. The molecule has 0 aliphatic carbocycles. The molecule has 0 saturated carbocycles. The summed E-state index contributed by atoms with van der Waals surface area (Å²) in [5, 5.41) is 1.24. The maximum absolute atomic E-state index is 4.67. The van der Waals surface area contributed by atoms with Crippen molar-refractivity contribution < 1.29 is 0 Å². The molecule has 3 aromatic heterocycles. The van der Waals surface area contributed by atoms with Crippen molar-refractivity contribution in [3.05, 3.63) is 53.3 Å². The standard InChI is InChI=1S/C15H16N2S.C9H15N3/c1-9-16-12-10-7-5-6-8-11(10)18-13(12)14(17-9)15(2,3)4;1-6-10-7(2)12-8(11-6)9(3,4)5/h5-8H,1-4H3;1-5H3. The summed E-state index contributed by atoms with van der Waals surface area (Å²) < 4.78 is 2.52. The first kappa shape index (κ1) is 22.2. The molecular formula is C24H31N5S. The van der Waals surface area contributed by atoms with Crippen molar-refractivity contribution in [1.29, 1.82) is 0 Å². The van der Waals surface area contributed by atoms with Gasteiger partial charge in [-0.15, -0.1) is 11.3 Å². The van der Waals surface area contributed by atoms with Gasteiger partial charge in [0.15, 0.2) is 0 Å². The van der Waals surface area contributed by atoms with Crippen LogP contribution >= 0.6 is 11.3 Å². The number of fused-ring (bicyclic) bond motifs is 3. The Kier molecular flexibility index (Phi) is 5.92. The molecule has 0 bridgehead atoms. The number of thiophene rings is 1. The van der Waals surface area contributed by atoms with Crippen molar-refractivity contribution in [3.63, 3.8) is 0 Å². The number of hydrogen-bond donors (Lipinski definition) is 0. The SMILES string of the molecule is Cc1nc(C(C)(C)C)c2sc3ccccc3c2n1.Cc1nc(C)nc(C(C)(C)C)n1. The molecule has 5 nitrogen and oxygen atoms in total. The molecule has 3 heterocycles. The fourth-order valence-corrected chi connectivity index (χ4v) is 4.50. The highest BCUT2D eigenvalue weighted by Gasteiger charge is 2.22. The zero-order valence-corrected chi connectivity index (χ0v) is 20.3. The summed E-state index contributed by atoms with van der Waals surface area (Å²) in [6.45, 7) is 18.7. The summed E-state index contributed by atoms with van der Waals surface area (Å²) in [5.74, 6) is 3.32. The van der Waals surface area contributed by atoms with Crippen LogP contribution in [0.15, 0.2) is 24.3 Å². The molecule has 0 unspecified atom stereocenters. The van der Waals surface area contributed by atoms with Crippen LogP contribution in [-0.2, 0) is 10.8 Å².